The van der Waals surface area contributed by atoms with E-state index < -0.39 is 50.3 Å². The molecule has 21 nitrogen and oxygen atoms in total. The summed E-state index contributed by atoms with van der Waals surface area (Å²) >= 11 is 0. The van der Waals surface area contributed by atoms with E-state index in [1.807, 2.05) is 4.63 Å². The number of azo groups is 1. The van der Waals surface area contributed by atoms with Gasteiger partial charge >= 0.3 is 0 Å². The molecule has 0 aliphatic rings. The van der Waals surface area contributed by atoms with Gasteiger partial charge in [-0.2, -0.15) is 48.7 Å². The summed E-state index contributed by atoms with van der Waals surface area (Å²) in [7, 11) is -18.9. The molecule has 73 heavy (non-hydrogen) atoms. The lowest BCUT2D eigenvalue weighted by Crippen LogP contribution is -2.20. The Morgan fingerprint density at radius 2 is 1.25 bits per heavy atom. The first-order chi connectivity index (χ1) is 34.5. The summed E-state index contributed by atoms with van der Waals surface area (Å²) < 4.78 is 142. The first-order valence-electron chi connectivity index (χ1n) is 21.4. The van der Waals surface area contributed by atoms with Crippen LogP contribution in [0.15, 0.2) is 169 Å². The van der Waals surface area contributed by atoms with Gasteiger partial charge in [0, 0.05) is 21.7 Å². The molecule has 0 bridgehead atoms. The maximum Gasteiger partial charge on any atom is 0.295 e. The van der Waals surface area contributed by atoms with E-state index in [-0.39, 0.29) is 54.7 Å². The van der Waals surface area contributed by atoms with Crippen LogP contribution in [0.4, 0.5) is 17.1 Å². The zero-order valence-corrected chi connectivity index (χ0v) is 40.5. The maximum absolute atomic E-state index is 14.2. The Morgan fingerprint density at radius 3 is 1.93 bits per heavy atom. The van der Waals surface area contributed by atoms with E-state index in [4.69, 9.17) is 0 Å². The minimum Gasteiger partial charge on any atom is -0.289 e. The van der Waals surface area contributed by atoms with Crippen molar-refractivity contribution in [2.75, 3.05) is 5.43 Å². The molecule has 8 aromatic carbocycles. The summed E-state index contributed by atoms with van der Waals surface area (Å²) in [5.74, 6) is -0.355. The third-order valence-electron chi connectivity index (χ3n) is 12.2. The van der Waals surface area contributed by atoms with Crippen LogP contribution >= 0.6 is 0 Å². The molecular weight excluding hydrogens is 1020 g/mol. The molecule has 0 saturated heterocycles. The monoisotopic (exact) mass is 1060 g/mol. The zero-order chi connectivity index (χ0) is 51.5. The van der Waals surface area contributed by atoms with Crippen LogP contribution in [0.2, 0.25) is 0 Å². The predicted molar refractivity (Wildman–Crippen MR) is 269 cm³/mol. The summed E-state index contributed by atoms with van der Waals surface area (Å²) in [4.78, 5) is 15.6. The highest BCUT2D eigenvalue weighted by molar-refractivity contribution is 7.86. The highest BCUT2D eigenvalue weighted by Gasteiger charge is 2.30. The molecule has 0 saturated carbocycles. The molecule has 3 aromatic heterocycles. The van der Waals surface area contributed by atoms with Crippen molar-refractivity contribution in [3.05, 3.63) is 167 Å². The van der Waals surface area contributed by atoms with Crippen molar-refractivity contribution < 1.29 is 56.7 Å². The third-order valence-corrected chi connectivity index (χ3v) is 15.8. The number of nitrogens with zero attached hydrogens (tertiary/aromatic N) is 6. The average molecular weight is 1060 g/mol. The lowest BCUT2D eigenvalue weighted by atomic mass is 9.99. The second-order valence-electron chi connectivity index (χ2n) is 16.8. The Balaban J connectivity index is 0.907. The molecule has 11 rings (SSSR count). The molecule has 0 spiro atoms. The van der Waals surface area contributed by atoms with Gasteiger partial charge in [-0.1, -0.05) is 91.0 Å². The fourth-order valence-corrected chi connectivity index (χ4v) is 11.4. The smallest absolute Gasteiger partial charge is 0.289 e. The van der Waals surface area contributed by atoms with Gasteiger partial charge in [-0.05, 0) is 89.7 Å². The molecule has 0 aliphatic carbocycles. The number of hydrogen-bond donors (Lipinski definition) is 6. The largest absolute Gasteiger partial charge is 0.295 e. The highest BCUT2D eigenvalue weighted by Crippen LogP contribution is 2.38. The van der Waals surface area contributed by atoms with Gasteiger partial charge < -0.3 is 0 Å². The van der Waals surface area contributed by atoms with E-state index in [2.05, 4.69) is 20.8 Å². The first-order valence-corrected chi connectivity index (χ1v) is 27.2. The Morgan fingerprint density at radius 1 is 0.589 bits per heavy atom. The average Bonchev–Trinajstić information content (AvgIpc) is 3.99. The molecule has 0 unspecified atom stereocenters. The van der Waals surface area contributed by atoms with E-state index in [0.29, 0.717) is 44.0 Å². The van der Waals surface area contributed by atoms with Gasteiger partial charge in [-0.25, -0.2) is 0 Å². The molecule has 0 fully saturated rings. The van der Waals surface area contributed by atoms with Crippen molar-refractivity contribution in [1.82, 2.24) is 23.9 Å². The van der Waals surface area contributed by atoms with Crippen molar-refractivity contribution in [3.63, 3.8) is 0 Å². The molecule has 25 heteroatoms. The standard InChI is InChI=1S/C48H34N8O13S4/c1-27-21-42(55-54-41-20-15-31-22-34(70(58,59)60)18-19-35(31)47(41)56(54)55)38(48(57)30-7-3-2-4-8-30)25-39(27)50-49-32-16-13-28(43(23-32)71(61,62)63)11-12-29-14-17-33(24-44(29)72(64,65)66)51-53-46-37-10-6-5-9-36(37)45(73(67,68)69)26-40(46)52-53/h2-26,51-52H,1H3,(H,58,59,60)(H,61,62,63)(H,64,65,66)(H,67,68,69). The lowest BCUT2D eigenvalue weighted by molar-refractivity contribution is 0.103. The minimum absolute atomic E-state index is 0.0258. The Kier molecular flexibility index (Phi) is 10.7. The molecule has 368 valence electrons. The van der Waals surface area contributed by atoms with Crippen molar-refractivity contribution in [3.8, 4) is 5.69 Å². The van der Waals surface area contributed by atoms with E-state index in [1.54, 1.807) is 95.2 Å². The molecule has 3 heterocycles. The number of carbonyl (C=O) groups excluding carboxylic acids is 1. The summed E-state index contributed by atoms with van der Waals surface area (Å²) in [6.07, 6.45) is 2.42. The van der Waals surface area contributed by atoms with E-state index in [1.165, 1.54) is 65.5 Å². The highest BCUT2D eigenvalue weighted by atomic mass is 32.2. The van der Waals surface area contributed by atoms with E-state index in [0.717, 1.165) is 23.2 Å². The Bertz CT molecular complexity index is 4680. The second kappa shape index (κ2) is 16.6. The molecule has 6 N–H and O–H groups in total. The van der Waals surface area contributed by atoms with Gasteiger partial charge in [0.15, 0.2) is 5.78 Å². The van der Waals surface area contributed by atoms with Crippen LogP contribution in [0.3, 0.4) is 0 Å². The van der Waals surface area contributed by atoms with Gasteiger partial charge in [0.2, 0.25) is 0 Å². The molecule has 0 amide bonds. The Hall–Kier alpha value is -8.27. The van der Waals surface area contributed by atoms with Crippen LogP contribution in [0.25, 0.3) is 61.5 Å². The number of benzene rings is 8. The maximum atomic E-state index is 14.2. The van der Waals surface area contributed by atoms with Gasteiger partial charge in [-0.15, -0.1) is 14.1 Å². The van der Waals surface area contributed by atoms with Crippen molar-refractivity contribution in [2.45, 2.75) is 26.5 Å². The topological polar surface area (TPSA) is 306 Å². The van der Waals surface area contributed by atoms with Crippen molar-refractivity contribution >= 4 is 119 Å². The van der Waals surface area contributed by atoms with Gasteiger partial charge in [0.1, 0.15) is 31.2 Å². The second-order valence-corrected chi connectivity index (χ2v) is 22.4. The number of anilines is 1. The number of aromatic amines is 1. The zero-order valence-electron chi connectivity index (χ0n) is 37.2. The van der Waals surface area contributed by atoms with Crippen LogP contribution in [-0.4, -0.2) is 81.6 Å². The number of H-pyrrole nitrogens is 1. The van der Waals surface area contributed by atoms with Gasteiger partial charge in [0.05, 0.1) is 38.7 Å². The first kappa shape index (κ1) is 47.1. The minimum atomic E-state index is -4.95. The SMILES string of the molecule is Cc1cc(-n2n3c4ccc5cc(S(=O)(=O)O)ccc5c4n23)c(C(=O)c2ccccc2)cc1N=Nc1ccc(C=Cc2ccc(Nn3[nH]c4cc(S(=O)(=O)O)c5ccccc5c43)cc2S(=O)(=O)O)c(S(=O)(=O)O)c1. The van der Waals surface area contributed by atoms with Crippen LogP contribution in [-0.2, 0) is 40.5 Å². The van der Waals surface area contributed by atoms with Gasteiger partial charge in [-0.3, -0.25) is 33.5 Å². The Labute approximate surface area is 412 Å². The number of carbonyl (C=O) groups is 1. The molecule has 0 radical (unpaired) electrons. The van der Waals surface area contributed by atoms with Gasteiger partial charge in [0.25, 0.3) is 40.5 Å². The van der Waals surface area contributed by atoms with Crippen LogP contribution < -0.4 is 5.43 Å². The quantitative estimate of drug-likeness (QED) is 0.0272. The third kappa shape index (κ3) is 8.33. The number of ketones is 1. The number of nitrogens with one attached hydrogen (secondary N) is 2. The molecule has 11 aromatic rings. The lowest BCUT2D eigenvalue weighted by Gasteiger charge is -2.21. The molecule has 0 atom stereocenters. The normalized spacial score (nSPS) is 13.1. The van der Waals surface area contributed by atoms with Crippen molar-refractivity contribution in [1.29, 1.82) is 0 Å². The fourth-order valence-electron chi connectivity index (χ4n) is 8.78. The summed E-state index contributed by atoms with van der Waals surface area (Å²) in [5.41, 5.74) is 7.09. The number of aromatic nitrogens is 5. The number of hydrogen-bond acceptors (Lipinski definition) is 12. The summed E-state index contributed by atoms with van der Waals surface area (Å²) in [6.45, 7) is 1.73. The van der Waals surface area contributed by atoms with Crippen molar-refractivity contribution in [2.24, 2.45) is 10.2 Å². The van der Waals surface area contributed by atoms with Crippen LogP contribution in [0.1, 0.15) is 32.6 Å². The molecular formula is C48H34N8O13S4. The van der Waals surface area contributed by atoms with E-state index >= 15 is 0 Å². The number of fused-ring (bicyclic) bond motifs is 9. The number of rotatable bonds is 13. The van der Waals surface area contributed by atoms with Crippen LogP contribution in [0, 0.1) is 6.92 Å². The molecule has 0 aliphatic heterocycles. The predicted octanol–water partition coefficient (Wildman–Crippen LogP) is 9.00. The summed E-state index contributed by atoms with van der Waals surface area (Å²) in [6, 6.07) is 34.9. The van der Waals surface area contributed by atoms with E-state index in [9.17, 15) is 56.7 Å². The van der Waals surface area contributed by atoms with Crippen LogP contribution in [0.5, 0.6) is 0 Å². The number of aryl methyl sites for hydroxylation is 1. The fraction of sp³-hybridized carbons (Fsp3) is 0.0208. The summed E-state index contributed by atoms with van der Waals surface area (Å²) in [5, 5.41) is 13.4.